The molecule has 0 fully saturated rings. The number of allylic oxidation sites excluding steroid dienone is 3. The SMILES string of the molecule is CC=C/C=C/C(=O)NC(CCC(=O)OC)C(=O)O. The molecule has 0 aromatic heterocycles. The van der Waals surface area contributed by atoms with Gasteiger partial charge in [0.05, 0.1) is 7.11 Å². The molecular formula is C12H17NO5. The molecule has 6 nitrogen and oxygen atoms in total. The fraction of sp³-hybridized carbons (Fsp3) is 0.417. The van der Waals surface area contributed by atoms with Crippen LogP contribution in [0.25, 0.3) is 0 Å². The number of aliphatic carboxylic acids is 1. The van der Waals surface area contributed by atoms with E-state index in [1.165, 1.54) is 19.3 Å². The molecule has 1 amide bonds. The van der Waals surface area contributed by atoms with Gasteiger partial charge in [0.2, 0.25) is 5.91 Å². The largest absolute Gasteiger partial charge is 0.480 e. The summed E-state index contributed by atoms with van der Waals surface area (Å²) < 4.78 is 4.40. The summed E-state index contributed by atoms with van der Waals surface area (Å²) in [5.74, 6) is -2.22. The fourth-order valence-corrected chi connectivity index (χ4v) is 1.10. The first-order valence-electron chi connectivity index (χ1n) is 5.40. The Morgan fingerprint density at radius 2 is 2.00 bits per heavy atom. The van der Waals surface area contributed by atoms with Crippen LogP contribution in [0.2, 0.25) is 0 Å². The summed E-state index contributed by atoms with van der Waals surface area (Å²) in [6.07, 6.45) is 6.01. The van der Waals surface area contributed by atoms with E-state index < -0.39 is 23.9 Å². The number of carbonyl (C=O) groups is 3. The number of methoxy groups -OCH3 is 1. The number of esters is 1. The number of carboxylic acid groups (broad SMARTS) is 1. The standard InChI is InChI=1S/C12H17NO5/c1-3-4-5-6-10(14)13-9(12(16)17)7-8-11(15)18-2/h3-6,9H,7-8H2,1-2H3,(H,13,14)(H,16,17)/b4-3?,6-5+. The van der Waals surface area contributed by atoms with Crippen molar-refractivity contribution >= 4 is 17.8 Å². The smallest absolute Gasteiger partial charge is 0.326 e. The van der Waals surface area contributed by atoms with Gasteiger partial charge in [-0.05, 0) is 13.3 Å². The van der Waals surface area contributed by atoms with E-state index in [0.717, 1.165) is 0 Å². The van der Waals surface area contributed by atoms with Crippen molar-refractivity contribution in [3.63, 3.8) is 0 Å². The molecule has 0 aliphatic heterocycles. The Morgan fingerprint density at radius 1 is 1.33 bits per heavy atom. The lowest BCUT2D eigenvalue weighted by Crippen LogP contribution is -2.40. The molecule has 0 aromatic carbocycles. The number of carbonyl (C=O) groups excluding carboxylic acids is 2. The van der Waals surface area contributed by atoms with Crippen LogP contribution in [0.3, 0.4) is 0 Å². The van der Waals surface area contributed by atoms with Crippen LogP contribution in [0, 0.1) is 0 Å². The summed E-state index contributed by atoms with van der Waals surface area (Å²) in [5, 5.41) is 11.2. The summed E-state index contributed by atoms with van der Waals surface area (Å²) in [7, 11) is 1.22. The Balaban J connectivity index is 4.31. The van der Waals surface area contributed by atoms with Gasteiger partial charge >= 0.3 is 11.9 Å². The van der Waals surface area contributed by atoms with Gasteiger partial charge < -0.3 is 15.2 Å². The second-order valence-corrected chi connectivity index (χ2v) is 3.40. The number of ether oxygens (including phenoxy) is 1. The van der Waals surface area contributed by atoms with Crippen molar-refractivity contribution in [3.8, 4) is 0 Å². The molecule has 2 N–H and O–H groups in total. The maximum Gasteiger partial charge on any atom is 0.326 e. The highest BCUT2D eigenvalue weighted by atomic mass is 16.5. The third-order valence-electron chi connectivity index (χ3n) is 2.03. The number of amides is 1. The lowest BCUT2D eigenvalue weighted by molar-refractivity contribution is -0.143. The highest BCUT2D eigenvalue weighted by Gasteiger charge is 2.20. The Kier molecular flexibility index (Phi) is 7.92. The predicted molar refractivity (Wildman–Crippen MR) is 64.8 cm³/mol. The molecule has 1 unspecified atom stereocenters. The molecule has 0 saturated carbocycles. The van der Waals surface area contributed by atoms with E-state index in [1.807, 2.05) is 0 Å². The van der Waals surface area contributed by atoms with E-state index in [-0.39, 0.29) is 12.8 Å². The van der Waals surface area contributed by atoms with Crippen LogP contribution in [-0.4, -0.2) is 36.1 Å². The van der Waals surface area contributed by atoms with Crippen molar-refractivity contribution in [3.05, 3.63) is 24.3 Å². The van der Waals surface area contributed by atoms with Crippen molar-refractivity contribution in [2.45, 2.75) is 25.8 Å². The van der Waals surface area contributed by atoms with E-state index >= 15 is 0 Å². The van der Waals surface area contributed by atoms with Gasteiger partial charge in [-0.3, -0.25) is 9.59 Å². The fourth-order valence-electron chi connectivity index (χ4n) is 1.10. The molecule has 0 aliphatic rings. The molecule has 0 aromatic rings. The Morgan fingerprint density at radius 3 is 2.50 bits per heavy atom. The van der Waals surface area contributed by atoms with Crippen LogP contribution in [-0.2, 0) is 19.1 Å². The van der Waals surface area contributed by atoms with Gasteiger partial charge in [0.1, 0.15) is 6.04 Å². The Bertz CT molecular complexity index is 359. The average Bonchev–Trinajstić information content (AvgIpc) is 2.33. The minimum Gasteiger partial charge on any atom is -0.480 e. The van der Waals surface area contributed by atoms with Gasteiger partial charge in [0, 0.05) is 12.5 Å². The Hall–Kier alpha value is -2.11. The van der Waals surface area contributed by atoms with Gasteiger partial charge in [0.25, 0.3) is 0 Å². The summed E-state index contributed by atoms with van der Waals surface area (Å²) in [6.45, 7) is 1.79. The third-order valence-corrected chi connectivity index (χ3v) is 2.03. The average molecular weight is 255 g/mol. The first-order chi connectivity index (χ1) is 8.51. The number of hydrogen-bond donors (Lipinski definition) is 2. The molecule has 0 aliphatic carbocycles. The number of nitrogens with one attached hydrogen (secondary N) is 1. The summed E-state index contributed by atoms with van der Waals surface area (Å²) in [6, 6.07) is -1.10. The molecule has 1 atom stereocenters. The van der Waals surface area contributed by atoms with E-state index in [1.54, 1.807) is 19.1 Å². The maximum atomic E-state index is 11.3. The van der Waals surface area contributed by atoms with Crippen LogP contribution >= 0.6 is 0 Å². The molecule has 0 saturated heterocycles. The lowest BCUT2D eigenvalue weighted by Gasteiger charge is -2.12. The third kappa shape index (κ3) is 7.21. The van der Waals surface area contributed by atoms with E-state index in [0.29, 0.717) is 0 Å². The normalized spacial score (nSPS) is 12.6. The molecular weight excluding hydrogens is 238 g/mol. The first kappa shape index (κ1) is 15.9. The summed E-state index contributed by atoms with van der Waals surface area (Å²) >= 11 is 0. The predicted octanol–water partition coefficient (Wildman–Crippen LogP) is 0.641. The van der Waals surface area contributed by atoms with Crippen LogP contribution < -0.4 is 5.32 Å². The van der Waals surface area contributed by atoms with Crippen molar-refractivity contribution < 1.29 is 24.2 Å². The zero-order valence-corrected chi connectivity index (χ0v) is 10.4. The zero-order chi connectivity index (χ0) is 14.0. The van der Waals surface area contributed by atoms with Gasteiger partial charge in [0.15, 0.2) is 0 Å². The molecule has 0 spiro atoms. The van der Waals surface area contributed by atoms with Gasteiger partial charge in [-0.25, -0.2) is 4.79 Å². The zero-order valence-electron chi connectivity index (χ0n) is 10.4. The highest BCUT2D eigenvalue weighted by Crippen LogP contribution is 1.99. The maximum absolute atomic E-state index is 11.3. The summed E-state index contributed by atoms with van der Waals surface area (Å²) in [4.78, 5) is 33.1. The molecule has 18 heavy (non-hydrogen) atoms. The number of rotatable bonds is 7. The van der Waals surface area contributed by atoms with E-state index in [4.69, 9.17) is 5.11 Å². The van der Waals surface area contributed by atoms with Crippen LogP contribution in [0.4, 0.5) is 0 Å². The lowest BCUT2D eigenvalue weighted by atomic mass is 10.1. The van der Waals surface area contributed by atoms with Crippen molar-refractivity contribution in [2.24, 2.45) is 0 Å². The van der Waals surface area contributed by atoms with Crippen molar-refractivity contribution in [1.29, 1.82) is 0 Å². The number of carboxylic acids is 1. The van der Waals surface area contributed by atoms with Crippen LogP contribution in [0.1, 0.15) is 19.8 Å². The topological polar surface area (TPSA) is 92.7 Å². The van der Waals surface area contributed by atoms with E-state index in [2.05, 4.69) is 10.1 Å². The molecule has 0 heterocycles. The molecule has 0 bridgehead atoms. The quantitative estimate of drug-likeness (QED) is 0.395. The number of hydrogen-bond acceptors (Lipinski definition) is 4. The second-order valence-electron chi connectivity index (χ2n) is 3.40. The van der Waals surface area contributed by atoms with Gasteiger partial charge in [-0.15, -0.1) is 0 Å². The van der Waals surface area contributed by atoms with Crippen molar-refractivity contribution in [1.82, 2.24) is 5.32 Å². The van der Waals surface area contributed by atoms with Gasteiger partial charge in [-0.1, -0.05) is 18.2 Å². The summed E-state index contributed by atoms with van der Waals surface area (Å²) in [5.41, 5.74) is 0. The van der Waals surface area contributed by atoms with Crippen LogP contribution in [0.15, 0.2) is 24.3 Å². The second kappa shape index (κ2) is 8.98. The molecule has 100 valence electrons. The minimum absolute atomic E-state index is 0.00873. The monoisotopic (exact) mass is 255 g/mol. The molecule has 6 heteroatoms. The van der Waals surface area contributed by atoms with Gasteiger partial charge in [-0.2, -0.15) is 0 Å². The van der Waals surface area contributed by atoms with Crippen LogP contribution in [0.5, 0.6) is 0 Å². The first-order valence-corrected chi connectivity index (χ1v) is 5.40. The highest BCUT2D eigenvalue weighted by molar-refractivity contribution is 5.91. The Labute approximate surface area is 105 Å². The van der Waals surface area contributed by atoms with Crippen molar-refractivity contribution in [2.75, 3.05) is 7.11 Å². The minimum atomic E-state index is -1.19. The molecule has 0 rings (SSSR count). The molecule has 0 radical (unpaired) electrons. The van der Waals surface area contributed by atoms with E-state index in [9.17, 15) is 14.4 Å².